The summed E-state index contributed by atoms with van der Waals surface area (Å²) in [6, 6.07) is 7.88. The fourth-order valence-electron chi connectivity index (χ4n) is 1.91. The highest BCUT2D eigenvalue weighted by Crippen LogP contribution is 2.22. The minimum atomic E-state index is -0.269. The first kappa shape index (κ1) is 17.0. The molecule has 0 saturated carbocycles. The molecule has 0 aliphatic rings. The van der Waals surface area contributed by atoms with E-state index >= 15 is 0 Å². The Morgan fingerprint density at radius 1 is 1.14 bits per heavy atom. The predicted octanol–water partition coefficient (Wildman–Crippen LogP) is 4.39. The van der Waals surface area contributed by atoms with E-state index in [0.29, 0.717) is 18.8 Å². The molecule has 0 atom stereocenters. The Morgan fingerprint density at radius 2 is 1.86 bits per heavy atom. The van der Waals surface area contributed by atoms with Gasteiger partial charge in [0.25, 0.3) is 0 Å². The monoisotopic (exact) mass is 288 g/mol. The summed E-state index contributed by atoms with van der Waals surface area (Å²) in [6.07, 6.45) is 4.76. The molecule has 0 amide bonds. The number of hydrogen-bond acceptors (Lipinski definition) is 3. The van der Waals surface area contributed by atoms with Gasteiger partial charge in [-0.2, -0.15) is 0 Å². The molecule has 0 unspecified atom stereocenters. The number of para-hydroxylation sites is 1. The van der Waals surface area contributed by atoms with Crippen LogP contribution in [-0.4, -0.2) is 19.2 Å². The molecular formula is C18H24O3. The number of esters is 1. The highest BCUT2D eigenvalue weighted by Gasteiger charge is 2.06. The maximum Gasteiger partial charge on any atom is 0.333 e. The third kappa shape index (κ3) is 5.46. The Kier molecular flexibility index (Phi) is 7.30. The Morgan fingerprint density at radius 3 is 2.48 bits per heavy atom. The lowest BCUT2D eigenvalue weighted by Gasteiger charge is -2.08. The van der Waals surface area contributed by atoms with E-state index in [1.165, 1.54) is 0 Å². The molecule has 114 valence electrons. The van der Waals surface area contributed by atoms with E-state index in [1.807, 2.05) is 43.3 Å². The molecule has 3 nitrogen and oxygen atoms in total. The number of rotatable bonds is 7. The van der Waals surface area contributed by atoms with Crippen LogP contribution in [0.4, 0.5) is 0 Å². The summed E-state index contributed by atoms with van der Waals surface area (Å²) in [5.41, 5.74) is 2.69. The molecular weight excluding hydrogens is 264 g/mol. The second-order valence-corrected chi connectivity index (χ2v) is 4.59. The molecule has 0 N–H and O–H groups in total. The van der Waals surface area contributed by atoms with Gasteiger partial charge in [0.05, 0.1) is 13.2 Å². The van der Waals surface area contributed by atoms with Gasteiger partial charge in [-0.1, -0.05) is 25.1 Å². The Balaban J connectivity index is 3.04. The van der Waals surface area contributed by atoms with Gasteiger partial charge in [-0.3, -0.25) is 0 Å². The summed E-state index contributed by atoms with van der Waals surface area (Å²) < 4.78 is 10.6. The summed E-state index contributed by atoms with van der Waals surface area (Å²) >= 11 is 0. The summed E-state index contributed by atoms with van der Waals surface area (Å²) in [5.74, 6) is 0.586. The van der Waals surface area contributed by atoms with E-state index in [9.17, 15) is 4.79 Å². The number of hydrogen-bond donors (Lipinski definition) is 0. The molecule has 0 saturated heterocycles. The van der Waals surface area contributed by atoms with Crippen molar-refractivity contribution in [1.29, 1.82) is 0 Å². The Hall–Kier alpha value is -2.03. The fraction of sp³-hybridized carbons (Fsp3) is 0.389. The van der Waals surface area contributed by atoms with Crippen molar-refractivity contribution in [3.63, 3.8) is 0 Å². The number of benzene rings is 1. The molecule has 0 bridgehead atoms. The van der Waals surface area contributed by atoms with E-state index < -0.39 is 0 Å². The maximum absolute atomic E-state index is 11.7. The SMILES string of the molecule is CCOC(=O)/C(C)=C/C(=C/c1ccccc1OCC)CC. The molecule has 1 aromatic carbocycles. The first-order chi connectivity index (χ1) is 10.1. The average molecular weight is 288 g/mol. The van der Waals surface area contributed by atoms with Gasteiger partial charge >= 0.3 is 5.97 Å². The summed E-state index contributed by atoms with van der Waals surface area (Å²) in [6.45, 7) is 8.62. The summed E-state index contributed by atoms with van der Waals surface area (Å²) in [7, 11) is 0. The molecule has 1 aromatic rings. The van der Waals surface area contributed by atoms with E-state index in [-0.39, 0.29) is 5.97 Å². The van der Waals surface area contributed by atoms with Crippen LogP contribution in [0.15, 0.2) is 41.5 Å². The number of allylic oxidation sites excluding steroid dienone is 2. The molecule has 1 rings (SSSR count). The first-order valence-corrected chi connectivity index (χ1v) is 7.40. The van der Waals surface area contributed by atoms with Crippen LogP contribution >= 0.6 is 0 Å². The van der Waals surface area contributed by atoms with Crippen LogP contribution in [0.25, 0.3) is 6.08 Å². The quantitative estimate of drug-likeness (QED) is 0.424. The molecule has 0 radical (unpaired) electrons. The molecule has 0 spiro atoms. The van der Waals surface area contributed by atoms with Gasteiger partial charge < -0.3 is 9.47 Å². The van der Waals surface area contributed by atoms with Gasteiger partial charge in [0.2, 0.25) is 0 Å². The molecule has 0 aliphatic carbocycles. The second kappa shape index (κ2) is 9.01. The average Bonchev–Trinajstić information content (AvgIpc) is 2.48. The predicted molar refractivity (Wildman–Crippen MR) is 86.3 cm³/mol. The standard InChI is InChI=1S/C18H24O3/c1-5-15(12-14(4)18(19)21-7-3)13-16-10-8-9-11-17(16)20-6-2/h8-13H,5-7H2,1-4H3/b14-12+,15-13+. The van der Waals surface area contributed by atoms with Gasteiger partial charge in [0.1, 0.15) is 5.75 Å². The smallest absolute Gasteiger partial charge is 0.333 e. The van der Waals surface area contributed by atoms with Crippen LogP contribution in [0, 0.1) is 0 Å². The van der Waals surface area contributed by atoms with Gasteiger partial charge in [-0.15, -0.1) is 0 Å². The third-order valence-electron chi connectivity index (χ3n) is 2.97. The van der Waals surface area contributed by atoms with Crippen molar-refractivity contribution >= 4 is 12.0 Å². The van der Waals surface area contributed by atoms with Crippen molar-refractivity contribution in [3.05, 3.63) is 47.1 Å². The van der Waals surface area contributed by atoms with Crippen molar-refractivity contribution < 1.29 is 14.3 Å². The lowest BCUT2D eigenvalue weighted by molar-refractivity contribution is -0.138. The molecule has 0 aliphatic heterocycles. The lowest BCUT2D eigenvalue weighted by Crippen LogP contribution is -2.05. The van der Waals surface area contributed by atoms with Crippen molar-refractivity contribution in [1.82, 2.24) is 0 Å². The number of ether oxygens (including phenoxy) is 2. The first-order valence-electron chi connectivity index (χ1n) is 7.40. The minimum Gasteiger partial charge on any atom is -0.493 e. The van der Waals surface area contributed by atoms with Crippen molar-refractivity contribution in [2.24, 2.45) is 0 Å². The molecule has 3 heteroatoms. The normalized spacial score (nSPS) is 12.2. The largest absolute Gasteiger partial charge is 0.493 e. The zero-order valence-electron chi connectivity index (χ0n) is 13.3. The topological polar surface area (TPSA) is 35.5 Å². The van der Waals surface area contributed by atoms with E-state index in [4.69, 9.17) is 9.47 Å². The Bertz CT molecular complexity index is 527. The summed E-state index contributed by atoms with van der Waals surface area (Å²) in [4.78, 5) is 11.7. The minimum absolute atomic E-state index is 0.269. The number of carbonyl (C=O) groups is 1. The van der Waals surface area contributed by atoms with Gasteiger partial charge in [-0.25, -0.2) is 4.79 Å². The fourth-order valence-corrected chi connectivity index (χ4v) is 1.91. The van der Waals surface area contributed by atoms with Crippen molar-refractivity contribution in [3.8, 4) is 5.75 Å². The maximum atomic E-state index is 11.7. The molecule has 0 aromatic heterocycles. The van der Waals surface area contributed by atoms with Gasteiger partial charge in [-0.05, 0) is 51.0 Å². The van der Waals surface area contributed by atoms with Crippen LogP contribution in [-0.2, 0) is 9.53 Å². The zero-order chi connectivity index (χ0) is 15.7. The summed E-state index contributed by atoms with van der Waals surface area (Å²) in [5, 5.41) is 0. The van der Waals surface area contributed by atoms with Crippen molar-refractivity contribution in [2.45, 2.75) is 34.1 Å². The second-order valence-electron chi connectivity index (χ2n) is 4.59. The van der Waals surface area contributed by atoms with Crippen LogP contribution in [0.1, 0.15) is 39.7 Å². The molecule has 0 fully saturated rings. The Labute approximate surface area is 127 Å². The molecule has 0 heterocycles. The van der Waals surface area contributed by atoms with Gasteiger partial charge in [0, 0.05) is 11.1 Å². The third-order valence-corrected chi connectivity index (χ3v) is 2.97. The highest BCUT2D eigenvalue weighted by atomic mass is 16.5. The van der Waals surface area contributed by atoms with Crippen LogP contribution in [0.5, 0.6) is 5.75 Å². The lowest BCUT2D eigenvalue weighted by atomic mass is 10.1. The van der Waals surface area contributed by atoms with E-state index in [0.717, 1.165) is 23.3 Å². The van der Waals surface area contributed by atoms with Crippen LogP contribution in [0.3, 0.4) is 0 Å². The number of carbonyl (C=O) groups excluding carboxylic acids is 1. The molecule has 21 heavy (non-hydrogen) atoms. The van der Waals surface area contributed by atoms with Crippen LogP contribution in [0.2, 0.25) is 0 Å². The highest BCUT2D eigenvalue weighted by molar-refractivity contribution is 5.88. The van der Waals surface area contributed by atoms with E-state index in [1.54, 1.807) is 13.8 Å². The van der Waals surface area contributed by atoms with Gasteiger partial charge in [0.15, 0.2) is 0 Å². The van der Waals surface area contributed by atoms with Crippen molar-refractivity contribution in [2.75, 3.05) is 13.2 Å². The zero-order valence-corrected chi connectivity index (χ0v) is 13.3. The van der Waals surface area contributed by atoms with Crippen LogP contribution < -0.4 is 4.74 Å². The van der Waals surface area contributed by atoms with E-state index in [2.05, 4.69) is 6.92 Å².